The molecule has 0 spiro atoms. The molecule has 2 N–H and O–H groups in total. The molecule has 5 aromatic rings. The average molecular weight is 880 g/mol. The van der Waals surface area contributed by atoms with Crippen LogP contribution in [0.3, 0.4) is 0 Å². The van der Waals surface area contributed by atoms with Crippen molar-refractivity contribution in [2.45, 2.75) is 42.7 Å². The molecule has 0 bridgehead atoms. The lowest BCUT2D eigenvalue weighted by Gasteiger charge is -2.35. The first kappa shape index (κ1) is 43.1. The van der Waals surface area contributed by atoms with Crippen molar-refractivity contribution in [1.29, 1.82) is 0 Å². The van der Waals surface area contributed by atoms with Crippen LogP contribution in [0.4, 0.5) is 5.13 Å². The number of benzene rings is 4. The van der Waals surface area contributed by atoms with E-state index >= 15 is 4.79 Å². The van der Waals surface area contributed by atoms with Gasteiger partial charge < -0.3 is 29.7 Å². The SMILES string of the molecule is CO/N=C(\C(=O)N[C@@]1(CC(=O)OC(c2ccccc2)c2ccccc2)CON(C2(C(=O)OC(c3ccccc3)c3ccccc3)CCC(=O)O2)C1=O)c1csc(NC(=O)CCl)n1. The molecule has 1 aromatic heterocycles. The summed E-state index contributed by atoms with van der Waals surface area (Å²) in [6.45, 7) is -0.754. The van der Waals surface area contributed by atoms with Gasteiger partial charge in [-0.3, -0.25) is 28.8 Å². The average Bonchev–Trinajstić information content (AvgIpc) is 4.02. The van der Waals surface area contributed by atoms with Gasteiger partial charge in [-0.25, -0.2) is 9.78 Å². The molecule has 3 heterocycles. The predicted molar refractivity (Wildman–Crippen MR) is 223 cm³/mol. The fourth-order valence-corrected chi connectivity index (χ4v) is 7.68. The van der Waals surface area contributed by atoms with Crippen LogP contribution in [0.15, 0.2) is 132 Å². The van der Waals surface area contributed by atoms with Crippen molar-refractivity contribution in [2.24, 2.45) is 5.16 Å². The highest BCUT2D eigenvalue weighted by Crippen LogP contribution is 2.41. The van der Waals surface area contributed by atoms with Gasteiger partial charge in [-0.1, -0.05) is 126 Å². The number of carbonyl (C=O) groups excluding carboxylic acids is 6. The summed E-state index contributed by atoms with van der Waals surface area (Å²) in [5, 5.41) is 10.9. The zero-order valence-corrected chi connectivity index (χ0v) is 34.5. The van der Waals surface area contributed by atoms with Crippen LogP contribution in [0, 0.1) is 0 Å². The number of aromatic nitrogens is 1. The second kappa shape index (κ2) is 19.2. The number of cyclic esters (lactones) is 1. The van der Waals surface area contributed by atoms with Crippen molar-refractivity contribution in [3.05, 3.63) is 155 Å². The maximum atomic E-state index is 15.1. The monoisotopic (exact) mass is 879 g/mol. The maximum absolute atomic E-state index is 15.1. The van der Waals surface area contributed by atoms with Gasteiger partial charge in [-0.15, -0.1) is 22.9 Å². The molecule has 2 aliphatic heterocycles. The smallest absolute Gasteiger partial charge is 0.376 e. The highest BCUT2D eigenvalue weighted by molar-refractivity contribution is 7.14. The van der Waals surface area contributed by atoms with Gasteiger partial charge in [0.25, 0.3) is 11.8 Å². The van der Waals surface area contributed by atoms with Crippen molar-refractivity contribution in [3.63, 3.8) is 0 Å². The molecule has 0 saturated carbocycles. The van der Waals surface area contributed by atoms with E-state index < -0.39 is 84.3 Å². The maximum Gasteiger partial charge on any atom is 0.376 e. The topological polar surface area (TPSA) is 201 Å². The molecule has 2 aliphatic rings. The van der Waals surface area contributed by atoms with Crippen molar-refractivity contribution in [3.8, 4) is 0 Å². The number of thiazole rings is 1. The third-order valence-corrected chi connectivity index (χ3v) is 10.8. The second-order valence-corrected chi connectivity index (χ2v) is 15.1. The molecule has 4 aromatic carbocycles. The summed E-state index contributed by atoms with van der Waals surface area (Å²) in [4.78, 5) is 98.2. The molecule has 318 valence electrons. The number of anilines is 1. The van der Waals surface area contributed by atoms with Crippen molar-refractivity contribution < 1.29 is 52.7 Å². The molecular weight excluding hydrogens is 842 g/mol. The van der Waals surface area contributed by atoms with Crippen LogP contribution in [-0.4, -0.2) is 82.2 Å². The van der Waals surface area contributed by atoms with Crippen molar-refractivity contribution in [2.75, 3.05) is 24.9 Å². The highest BCUT2D eigenvalue weighted by atomic mass is 35.5. The number of oxime groups is 1. The molecule has 0 radical (unpaired) electrons. The fourth-order valence-electron chi connectivity index (χ4n) is 6.90. The van der Waals surface area contributed by atoms with E-state index in [1.54, 1.807) is 121 Å². The Kier molecular flexibility index (Phi) is 13.4. The molecule has 7 rings (SSSR count). The zero-order valence-electron chi connectivity index (χ0n) is 32.9. The number of hydrogen-bond donors (Lipinski definition) is 2. The standard InChI is InChI=1S/C44H38ClN5O11S/c1-57-49-36(32-26-62-42(46-32)47-33(51)25-45)39(54)48-43(24-35(53)59-37(28-14-6-2-7-15-28)29-16-8-3-9-17-29)27-58-50(40(43)55)44(23-22-34(52)61-44)41(56)60-38(30-18-10-4-11-19-30)31-20-12-5-13-21-31/h2-21,26,37-38H,22-25,27H2,1H3,(H,48,54)(H,46,47,51)/b49-36-/t43-,44?/m0/s1. The molecule has 3 amide bonds. The third-order valence-electron chi connectivity index (χ3n) is 9.83. The van der Waals surface area contributed by atoms with Gasteiger partial charge in [0.2, 0.25) is 5.91 Å². The molecule has 2 atom stereocenters. The number of esters is 3. The van der Waals surface area contributed by atoms with Gasteiger partial charge in [0.15, 0.2) is 28.6 Å². The molecule has 62 heavy (non-hydrogen) atoms. The first-order valence-corrected chi connectivity index (χ1v) is 20.5. The van der Waals surface area contributed by atoms with E-state index in [0.717, 1.165) is 11.3 Å². The number of amides is 3. The van der Waals surface area contributed by atoms with Gasteiger partial charge in [0.1, 0.15) is 25.3 Å². The summed E-state index contributed by atoms with van der Waals surface area (Å²) in [6.07, 6.45) is -3.52. The van der Waals surface area contributed by atoms with Gasteiger partial charge in [-0.2, -0.15) is 5.06 Å². The summed E-state index contributed by atoms with van der Waals surface area (Å²) in [6, 6.07) is 35.4. The number of nitrogens with one attached hydrogen (secondary N) is 2. The number of alkyl halides is 1. The minimum atomic E-state index is -2.49. The molecule has 16 nitrogen and oxygen atoms in total. The summed E-state index contributed by atoms with van der Waals surface area (Å²) in [5.41, 5.74) is -2.98. The number of ether oxygens (including phenoxy) is 3. The van der Waals surface area contributed by atoms with Crippen LogP contribution in [0.5, 0.6) is 0 Å². The normalized spacial score (nSPS) is 18.6. The Balaban J connectivity index is 1.24. The van der Waals surface area contributed by atoms with Crippen LogP contribution < -0.4 is 10.6 Å². The van der Waals surface area contributed by atoms with Crippen molar-refractivity contribution in [1.82, 2.24) is 15.4 Å². The van der Waals surface area contributed by atoms with E-state index in [2.05, 4.69) is 20.8 Å². The fraction of sp³-hybridized carbons (Fsp3) is 0.227. The molecule has 2 fully saturated rings. The Morgan fingerprint density at radius 2 is 1.37 bits per heavy atom. The van der Waals surface area contributed by atoms with Gasteiger partial charge in [0, 0.05) is 11.8 Å². The highest BCUT2D eigenvalue weighted by Gasteiger charge is 2.65. The lowest BCUT2D eigenvalue weighted by molar-refractivity contribution is -0.260. The number of hydroxylamine groups is 2. The largest absolute Gasteiger partial charge is 0.452 e. The minimum Gasteiger partial charge on any atom is -0.452 e. The molecule has 2 saturated heterocycles. The Bertz CT molecular complexity index is 2380. The Labute approximate surface area is 363 Å². The first-order valence-electron chi connectivity index (χ1n) is 19.1. The summed E-state index contributed by atoms with van der Waals surface area (Å²) in [7, 11) is 1.17. The predicted octanol–water partition coefficient (Wildman–Crippen LogP) is 5.39. The van der Waals surface area contributed by atoms with E-state index in [-0.39, 0.29) is 23.1 Å². The second-order valence-electron chi connectivity index (χ2n) is 14.0. The Hall–Kier alpha value is -6.95. The van der Waals surface area contributed by atoms with Crippen LogP contribution in [0.2, 0.25) is 0 Å². The Morgan fingerprint density at radius 1 is 0.839 bits per heavy atom. The van der Waals surface area contributed by atoms with E-state index in [9.17, 15) is 24.0 Å². The van der Waals surface area contributed by atoms with Crippen LogP contribution >= 0.6 is 22.9 Å². The van der Waals surface area contributed by atoms with Crippen LogP contribution in [0.1, 0.15) is 59.4 Å². The van der Waals surface area contributed by atoms with Crippen LogP contribution in [0.25, 0.3) is 0 Å². The lowest BCUT2D eigenvalue weighted by atomic mass is 9.93. The molecule has 18 heteroatoms. The third kappa shape index (κ3) is 9.34. The van der Waals surface area contributed by atoms with Crippen LogP contribution in [-0.2, 0) is 52.7 Å². The van der Waals surface area contributed by atoms with Gasteiger partial charge in [0.05, 0.1) is 12.8 Å². The molecule has 1 unspecified atom stereocenters. The van der Waals surface area contributed by atoms with E-state index in [4.69, 9.17) is 35.5 Å². The molecule has 0 aliphatic carbocycles. The van der Waals surface area contributed by atoms with Crippen molar-refractivity contribution >= 4 is 69.4 Å². The van der Waals surface area contributed by atoms with Gasteiger partial charge in [-0.05, 0) is 22.3 Å². The lowest BCUT2D eigenvalue weighted by Crippen LogP contribution is -2.63. The Morgan fingerprint density at radius 3 is 1.85 bits per heavy atom. The van der Waals surface area contributed by atoms with E-state index in [0.29, 0.717) is 27.3 Å². The van der Waals surface area contributed by atoms with E-state index in [1.807, 2.05) is 0 Å². The first-order chi connectivity index (χ1) is 30.1. The number of carbonyl (C=O) groups is 6. The van der Waals surface area contributed by atoms with E-state index in [1.165, 1.54) is 12.5 Å². The number of rotatable bonds is 16. The zero-order chi connectivity index (χ0) is 43.7. The number of hydrogen-bond acceptors (Lipinski definition) is 14. The van der Waals surface area contributed by atoms with Gasteiger partial charge >= 0.3 is 23.6 Å². The summed E-state index contributed by atoms with van der Waals surface area (Å²) in [5.74, 6) is -6.08. The molecular formula is C44H38ClN5O11S. The summed E-state index contributed by atoms with van der Waals surface area (Å²) < 4.78 is 17.9. The summed E-state index contributed by atoms with van der Waals surface area (Å²) >= 11 is 6.58. The number of nitrogens with zero attached hydrogens (tertiary/aromatic N) is 3. The number of halogens is 1. The quantitative estimate of drug-likeness (QED) is 0.0422. The minimum absolute atomic E-state index is 0.0766.